The summed E-state index contributed by atoms with van der Waals surface area (Å²) < 4.78 is 42.4. The molecule has 24 heavy (non-hydrogen) atoms. The van der Waals surface area contributed by atoms with Gasteiger partial charge in [0.1, 0.15) is 6.54 Å². The van der Waals surface area contributed by atoms with Gasteiger partial charge < -0.3 is 15.0 Å². The minimum Gasteiger partial charge on any atom is -0.453 e. The van der Waals surface area contributed by atoms with Crippen LogP contribution in [0.2, 0.25) is 0 Å². The van der Waals surface area contributed by atoms with Crippen LogP contribution in [0.1, 0.15) is 36.4 Å². The normalized spacial score (nSPS) is 18.2. The molecule has 1 heterocycles. The molecule has 1 saturated heterocycles. The number of carbonyl (C=O) groups excluding carboxylic acids is 2. The van der Waals surface area contributed by atoms with Crippen molar-refractivity contribution in [2.75, 3.05) is 20.2 Å². The Kier molecular flexibility index (Phi) is 5.69. The summed E-state index contributed by atoms with van der Waals surface area (Å²) in [4.78, 5) is 25.0. The van der Waals surface area contributed by atoms with Crippen molar-refractivity contribution < 1.29 is 27.5 Å². The van der Waals surface area contributed by atoms with Gasteiger partial charge in [-0.3, -0.25) is 4.79 Å². The lowest BCUT2D eigenvalue weighted by molar-refractivity contribution is -0.138. The predicted octanol–water partition coefficient (Wildman–Crippen LogP) is 3.12. The monoisotopic (exact) mass is 344 g/mol. The first-order valence-electron chi connectivity index (χ1n) is 7.61. The molecule has 0 spiro atoms. The summed E-state index contributed by atoms with van der Waals surface area (Å²) >= 11 is 0. The van der Waals surface area contributed by atoms with E-state index in [0.717, 1.165) is 25.0 Å². The molecule has 0 radical (unpaired) electrons. The summed E-state index contributed by atoms with van der Waals surface area (Å²) in [5.74, 6) is -0.287. The van der Waals surface area contributed by atoms with Gasteiger partial charge >= 0.3 is 12.3 Å². The Bertz CT molecular complexity index is 587. The Morgan fingerprint density at radius 3 is 2.50 bits per heavy atom. The molecule has 0 saturated carbocycles. The maximum atomic E-state index is 12.7. The number of benzene rings is 1. The van der Waals surface area contributed by atoms with Crippen LogP contribution in [-0.4, -0.2) is 37.1 Å². The number of nitrogens with zero attached hydrogens (tertiary/aromatic N) is 1. The molecule has 1 fully saturated rings. The highest BCUT2D eigenvalue weighted by Gasteiger charge is 2.32. The summed E-state index contributed by atoms with van der Waals surface area (Å²) in [6.07, 6.45) is -2.70. The van der Waals surface area contributed by atoms with Gasteiger partial charge in [0.05, 0.1) is 18.7 Å². The fourth-order valence-corrected chi connectivity index (χ4v) is 2.79. The third-order valence-electron chi connectivity index (χ3n) is 4.02. The first kappa shape index (κ1) is 18.1. The van der Waals surface area contributed by atoms with Crippen molar-refractivity contribution in [3.05, 3.63) is 35.4 Å². The summed E-state index contributed by atoms with van der Waals surface area (Å²) in [5, 5.41) is 2.33. The number of alkyl halides is 3. The molecule has 132 valence electrons. The van der Waals surface area contributed by atoms with Crippen LogP contribution >= 0.6 is 0 Å². The minimum absolute atomic E-state index is 0.205. The van der Waals surface area contributed by atoms with Crippen molar-refractivity contribution in [3.8, 4) is 0 Å². The fourth-order valence-electron chi connectivity index (χ4n) is 2.79. The molecular formula is C16H19F3N2O3. The second-order valence-corrected chi connectivity index (χ2v) is 5.56. The summed E-state index contributed by atoms with van der Waals surface area (Å²) in [5.41, 5.74) is -0.0542. The SMILES string of the molecule is COC(=O)NCC(=O)N1CCCC[C@@H]1c1ccc(C(F)(F)F)cc1. The topological polar surface area (TPSA) is 58.6 Å². The lowest BCUT2D eigenvalue weighted by Crippen LogP contribution is -2.44. The predicted molar refractivity (Wildman–Crippen MR) is 80.2 cm³/mol. The number of nitrogens with one attached hydrogen (secondary N) is 1. The quantitative estimate of drug-likeness (QED) is 0.917. The van der Waals surface area contributed by atoms with Gasteiger partial charge in [0, 0.05) is 6.54 Å². The number of rotatable bonds is 3. The number of methoxy groups -OCH3 is 1. The lowest BCUT2D eigenvalue weighted by atomic mass is 9.94. The van der Waals surface area contributed by atoms with Gasteiger partial charge in [0.15, 0.2) is 0 Å². The van der Waals surface area contributed by atoms with Crippen molar-refractivity contribution in [2.45, 2.75) is 31.5 Å². The molecule has 0 aromatic heterocycles. The van der Waals surface area contributed by atoms with Crippen molar-refractivity contribution in [2.24, 2.45) is 0 Å². The van der Waals surface area contributed by atoms with Gasteiger partial charge in [0.2, 0.25) is 5.91 Å². The Morgan fingerprint density at radius 2 is 1.92 bits per heavy atom. The highest BCUT2D eigenvalue weighted by atomic mass is 19.4. The van der Waals surface area contributed by atoms with Crippen LogP contribution in [0.25, 0.3) is 0 Å². The Morgan fingerprint density at radius 1 is 1.25 bits per heavy atom. The van der Waals surface area contributed by atoms with Crippen LogP contribution in [0.3, 0.4) is 0 Å². The molecule has 2 amide bonds. The molecule has 2 rings (SSSR count). The van der Waals surface area contributed by atoms with Crippen LogP contribution in [0, 0.1) is 0 Å². The van der Waals surface area contributed by atoms with E-state index in [1.807, 2.05) is 0 Å². The molecule has 1 aromatic rings. The maximum absolute atomic E-state index is 12.7. The van der Waals surface area contributed by atoms with Gasteiger partial charge in [-0.1, -0.05) is 12.1 Å². The van der Waals surface area contributed by atoms with Crippen LogP contribution in [0.4, 0.5) is 18.0 Å². The number of amides is 2. The molecule has 1 aliphatic heterocycles. The zero-order valence-corrected chi connectivity index (χ0v) is 13.2. The number of hydrogen-bond donors (Lipinski definition) is 1. The summed E-state index contributed by atoms with van der Waals surface area (Å²) in [6, 6.07) is 4.59. The second-order valence-electron chi connectivity index (χ2n) is 5.56. The van der Waals surface area contributed by atoms with Crippen LogP contribution in [0.15, 0.2) is 24.3 Å². The van der Waals surface area contributed by atoms with Gasteiger partial charge in [-0.05, 0) is 37.0 Å². The summed E-state index contributed by atoms with van der Waals surface area (Å²) in [6.45, 7) is 0.303. The average molecular weight is 344 g/mol. The third kappa shape index (κ3) is 4.39. The van der Waals surface area contributed by atoms with Crippen molar-refractivity contribution in [1.82, 2.24) is 10.2 Å². The molecule has 1 aromatic carbocycles. The number of ether oxygens (including phenoxy) is 1. The number of halogens is 3. The molecule has 8 heteroatoms. The Labute approximate surface area is 137 Å². The van der Waals surface area contributed by atoms with Crippen LogP contribution < -0.4 is 5.32 Å². The number of alkyl carbamates (subject to hydrolysis) is 1. The lowest BCUT2D eigenvalue weighted by Gasteiger charge is -2.36. The van der Waals surface area contributed by atoms with Crippen LogP contribution in [0.5, 0.6) is 0 Å². The van der Waals surface area contributed by atoms with Gasteiger partial charge in [-0.15, -0.1) is 0 Å². The molecule has 1 aliphatic rings. The first-order chi connectivity index (χ1) is 11.3. The van der Waals surface area contributed by atoms with E-state index in [1.165, 1.54) is 19.2 Å². The minimum atomic E-state index is -4.38. The van der Waals surface area contributed by atoms with E-state index in [2.05, 4.69) is 10.1 Å². The summed E-state index contributed by atoms with van der Waals surface area (Å²) in [7, 11) is 1.20. The molecule has 1 atom stereocenters. The highest BCUT2D eigenvalue weighted by Crippen LogP contribution is 2.34. The van der Waals surface area contributed by atoms with Gasteiger partial charge in [0.25, 0.3) is 0 Å². The number of carbonyl (C=O) groups is 2. The highest BCUT2D eigenvalue weighted by molar-refractivity contribution is 5.82. The third-order valence-corrected chi connectivity index (χ3v) is 4.02. The van der Waals surface area contributed by atoms with E-state index < -0.39 is 17.8 Å². The van der Waals surface area contributed by atoms with Crippen LogP contribution in [-0.2, 0) is 15.7 Å². The zero-order valence-electron chi connectivity index (χ0n) is 13.2. The fraction of sp³-hybridized carbons (Fsp3) is 0.500. The van der Waals surface area contributed by atoms with Gasteiger partial charge in [-0.2, -0.15) is 13.2 Å². The first-order valence-corrected chi connectivity index (χ1v) is 7.61. The largest absolute Gasteiger partial charge is 0.453 e. The Balaban J connectivity index is 2.11. The van der Waals surface area contributed by atoms with E-state index in [-0.39, 0.29) is 18.5 Å². The molecule has 0 unspecified atom stereocenters. The van der Waals surface area contributed by atoms with Gasteiger partial charge in [-0.25, -0.2) is 4.79 Å². The Hall–Kier alpha value is -2.25. The van der Waals surface area contributed by atoms with E-state index in [9.17, 15) is 22.8 Å². The molecule has 0 bridgehead atoms. The zero-order chi connectivity index (χ0) is 17.7. The van der Waals surface area contributed by atoms with E-state index in [4.69, 9.17) is 0 Å². The average Bonchev–Trinajstić information content (AvgIpc) is 2.58. The molecule has 0 aliphatic carbocycles. The molecule has 1 N–H and O–H groups in total. The number of likely N-dealkylation sites (tertiary alicyclic amines) is 1. The molecule has 5 nitrogen and oxygen atoms in total. The number of piperidine rings is 1. The van der Waals surface area contributed by atoms with Crippen molar-refractivity contribution in [1.29, 1.82) is 0 Å². The van der Waals surface area contributed by atoms with Crippen molar-refractivity contribution in [3.63, 3.8) is 0 Å². The second kappa shape index (κ2) is 7.55. The number of hydrogen-bond acceptors (Lipinski definition) is 3. The smallest absolute Gasteiger partial charge is 0.416 e. The molecular weight excluding hydrogens is 325 g/mol. The van der Waals surface area contributed by atoms with E-state index in [1.54, 1.807) is 4.90 Å². The maximum Gasteiger partial charge on any atom is 0.416 e. The standard InChI is InChI=1S/C16H19F3N2O3/c1-24-15(23)20-10-14(22)21-9-3-2-4-13(21)11-5-7-12(8-6-11)16(17,18)19/h5-8,13H,2-4,9-10H2,1H3,(H,20,23)/t13-/m1/s1. The van der Waals surface area contributed by atoms with Crippen molar-refractivity contribution >= 4 is 12.0 Å². The van der Waals surface area contributed by atoms with E-state index in [0.29, 0.717) is 18.5 Å². The van der Waals surface area contributed by atoms with E-state index >= 15 is 0 Å².